The van der Waals surface area contributed by atoms with Crippen LogP contribution in [0.3, 0.4) is 0 Å². The lowest BCUT2D eigenvalue weighted by atomic mass is 10.1. The third-order valence-corrected chi connectivity index (χ3v) is 3.62. The fourth-order valence-corrected chi connectivity index (χ4v) is 2.48. The van der Waals surface area contributed by atoms with Gasteiger partial charge in [-0.2, -0.15) is 0 Å². The van der Waals surface area contributed by atoms with Crippen molar-refractivity contribution in [3.63, 3.8) is 0 Å². The van der Waals surface area contributed by atoms with Gasteiger partial charge in [-0.25, -0.2) is 0 Å². The molecule has 3 nitrogen and oxygen atoms in total. The van der Waals surface area contributed by atoms with Crippen molar-refractivity contribution in [1.29, 1.82) is 0 Å². The topological polar surface area (TPSA) is 30.8 Å². The number of aliphatic imine (C=N–C) groups is 1. The molecule has 0 N–H and O–H groups in total. The minimum Gasteiger partial charge on any atom is -1.00 e. The monoisotopic (exact) mass is 398 g/mol. The van der Waals surface area contributed by atoms with Crippen LogP contribution in [0.2, 0.25) is 0 Å². The van der Waals surface area contributed by atoms with E-state index in [9.17, 15) is 0 Å². The Bertz CT molecular complexity index is 808. The summed E-state index contributed by atoms with van der Waals surface area (Å²) in [5.74, 6) is 0.798. The normalized spacial score (nSPS) is 17.4. The van der Waals surface area contributed by atoms with Gasteiger partial charge in [0.05, 0.1) is 5.69 Å². The van der Waals surface area contributed by atoms with Crippen LogP contribution in [-0.4, -0.2) is 12.0 Å². The van der Waals surface area contributed by atoms with Crippen LogP contribution >= 0.6 is 0 Å². The fraction of sp³-hybridized carbons (Fsp3) is 0.190. The van der Waals surface area contributed by atoms with Crippen LogP contribution < -0.4 is 17.0 Å². The van der Waals surface area contributed by atoms with Crippen LogP contribution in [0.1, 0.15) is 25.0 Å². The number of nitrogens with zero attached hydrogens (tertiary/aromatic N) is 1. The Kier molecular flexibility index (Phi) is 6.21. The molecule has 0 amide bonds. The number of hydrogen-bond acceptors (Lipinski definition) is 3. The highest BCUT2D eigenvalue weighted by atomic mass is 79.9. The molecule has 0 fully saturated rings. The molecule has 1 aliphatic heterocycles. The molecule has 2 aromatic rings. The molecule has 0 atom stereocenters. The zero-order valence-electron chi connectivity index (χ0n) is 14.6. The van der Waals surface area contributed by atoms with Crippen LogP contribution in [0, 0.1) is 6.92 Å². The van der Waals surface area contributed by atoms with Crippen LogP contribution in [0.4, 0.5) is 5.69 Å². The van der Waals surface area contributed by atoms with Gasteiger partial charge in [0.15, 0.2) is 0 Å². The second kappa shape index (κ2) is 8.17. The summed E-state index contributed by atoms with van der Waals surface area (Å²) in [4.78, 5) is 4.49. The standard InChI is InChI=1S/C21H21NO2.BrH/c1-16-9-7-8-12-19(16)22-14-13-18-15-20(24-21(2,3)23-18)17-10-5-4-6-11-17;/h4-15H,1-3H3;1H/p-1/b18-13-,22-14?;. The largest absolute Gasteiger partial charge is 1.00 e. The molecule has 1 heterocycles. The average Bonchev–Trinajstić information content (AvgIpc) is 2.56. The van der Waals surface area contributed by atoms with E-state index in [2.05, 4.69) is 4.99 Å². The zero-order chi connectivity index (χ0) is 17.0. The molecule has 1 aliphatic rings. The first kappa shape index (κ1) is 19.0. The number of rotatable bonds is 3. The molecular formula is C21H21BrNO2-. The molecule has 4 heteroatoms. The number of para-hydroxylation sites is 1. The van der Waals surface area contributed by atoms with Crippen LogP contribution in [0.25, 0.3) is 5.76 Å². The number of hydrogen-bond donors (Lipinski definition) is 0. The van der Waals surface area contributed by atoms with Gasteiger partial charge in [-0.3, -0.25) is 4.99 Å². The zero-order valence-corrected chi connectivity index (χ0v) is 16.2. The lowest BCUT2D eigenvalue weighted by Gasteiger charge is -2.33. The van der Waals surface area contributed by atoms with E-state index < -0.39 is 5.79 Å². The summed E-state index contributed by atoms with van der Waals surface area (Å²) in [5, 5.41) is 0. The Morgan fingerprint density at radius 1 is 0.920 bits per heavy atom. The number of ether oxygens (including phenoxy) is 2. The molecule has 0 aliphatic carbocycles. The van der Waals surface area contributed by atoms with Gasteiger partial charge in [0.2, 0.25) is 5.79 Å². The van der Waals surface area contributed by atoms with Gasteiger partial charge in [0, 0.05) is 31.7 Å². The quantitative estimate of drug-likeness (QED) is 0.743. The minimum absolute atomic E-state index is 0. The third-order valence-electron chi connectivity index (χ3n) is 3.62. The summed E-state index contributed by atoms with van der Waals surface area (Å²) in [6, 6.07) is 18.0. The van der Waals surface area contributed by atoms with Crippen molar-refractivity contribution in [3.05, 3.63) is 83.6 Å². The van der Waals surface area contributed by atoms with E-state index in [1.54, 1.807) is 6.21 Å². The highest BCUT2D eigenvalue weighted by Gasteiger charge is 2.28. The van der Waals surface area contributed by atoms with Gasteiger partial charge in [-0.1, -0.05) is 48.5 Å². The highest BCUT2D eigenvalue weighted by molar-refractivity contribution is 5.77. The van der Waals surface area contributed by atoms with Crippen molar-refractivity contribution < 1.29 is 26.5 Å². The van der Waals surface area contributed by atoms with Crippen LogP contribution in [-0.2, 0) is 9.47 Å². The third kappa shape index (κ3) is 5.07. The highest BCUT2D eigenvalue weighted by Crippen LogP contribution is 2.32. The predicted octanol–water partition coefficient (Wildman–Crippen LogP) is 2.41. The van der Waals surface area contributed by atoms with Gasteiger partial charge in [0.25, 0.3) is 0 Å². The Morgan fingerprint density at radius 3 is 2.32 bits per heavy atom. The van der Waals surface area contributed by atoms with E-state index in [0.29, 0.717) is 0 Å². The molecule has 0 saturated heterocycles. The number of benzene rings is 2. The van der Waals surface area contributed by atoms with E-state index in [1.165, 1.54) is 0 Å². The van der Waals surface area contributed by atoms with Gasteiger partial charge in [-0.15, -0.1) is 0 Å². The minimum atomic E-state index is -0.720. The van der Waals surface area contributed by atoms with Crippen LogP contribution in [0.5, 0.6) is 0 Å². The molecule has 0 saturated carbocycles. The predicted molar refractivity (Wildman–Crippen MR) is 98.1 cm³/mol. The first-order valence-electron chi connectivity index (χ1n) is 7.99. The van der Waals surface area contributed by atoms with Crippen molar-refractivity contribution in [2.75, 3.05) is 0 Å². The van der Waals surface area contributed by atoms with Crippen molar-refractivity contribution in [2.24, 2.45) is 4.99 Å². The van der Waals surface area contributed by atoms with Crippen LogP contribution in [0.15, 0.2) is 77.5 Å². The molecule has 0 bridgehead atoms. The molecule has 25 heavy (non-hydrogen) atoms. The lowest BCUT2D eigenvalue weighted by molar-refractivity contribution is -0.149. The summed E-state index contributed by atoms with van der Waals surface area (Å²) in [7, 11) is 0. The Labute approximate surface area is 159 Å². The summed E-state index contributed by atoms with van der Waals surface area (Å²) in [5.41, 5.74) is 3.12. The second-order valence-electron chi connectivity index (χ2n) is 6.11. The van der Waals surface area contributed by atoms with E-state index in [0.717, 1.165) is 28.3 Å². The van der Waals surface area contributed by atoms with Gasteiger partial charge in [0.1, 0.15) is 11.5 Å². The summed E-state index contributed by atoms with van der Waals surface area (Å²) < 4.78 is 11.8. The molecular weight excluding hydrogens is 378 g/mol. The second-order valence-corrected chi connectivity index (χ2v) is 6.11. The van der Waals surface area contributed by atoms with E-state index in [-0.39, 0.29) is 17.0 Å². The first-order valence-corrected chi connectivity index (χ1v) is 7.99. The summed E-state index contributed by atoms with van der Waals surface area (Å²) >= 11 is 0. The molecule has 130 valence electrons. The number of aryl methyl sites for hydroxylation is 1. The van der Waals surface area contributed by atoms with E-state index >= 15 is 0 Å². The molecule has 3 rings (SSSR count). The van der Waals surface area contributed by atoms with Crippen molar-refractivity contribution in [2.45, 2.75) is 26.6 Å². The lowest BCUT2D eigenvalue weighted by Crippen LogP contribution is -3.00. The molecule has 0 spiro atoms. The Morgan fingerprint density at radius 2 is 1.60 bits per heavy atom. The van der Waals surface area contributed by atoms with Crippen molar-refractivity contribution >= 4 is 17.7 Å². The maximum Gasteiger partial charge on any atom is 0.245 e. The molecule has 0 radical (unpaired) electrons. The average molecular weight is 399 g/mol. The Balaban J connectivity index is 0.00000225. The summed E-state index contributed by atoms with van der Waals surface area (Å²) in [6.07, 6.45) is 5.52. The number of allylic oxidation sites excluding steroid dienone is 2. The maximum atomic E-state index is 5.93. The number of halogens is 1. The maximum absolute atomic E-state index is 5.93. The first-order chi connectivity index (χ1) is 11.5. The molecule has 0 unspecified atom stereocenters. The van der Waals surface area contributed by atoms with Crippen molar-refractivity contribution in [1.82, 2.24) is 0 Å². The van der Waals surface area contributed by atoms with Crippen molar-refractivity contribution in [3.8, 4) is 0 Å². The fourth-order valence-electron chi connectivity index (χ4n) is 2.48. The molecule has 2 aromatic carbocycles. The van der Waals surface area contributed by atoms with E-state index in [1.807, 2.05) is 87.5 Å². The van der Waals surface area contributed by atoms with Gasteiger partial charge >= 0.3 is 0 Å². The SMILES string of the molecule is Cc1ccccc1N=C/C=C1/C=C(c2ccccc2)OC(C)(C)O1.[Br-]. The van der Waals surface area contributed by atoms with Gasteiger partial charge < -0.3 is 26.5 Å². The van der Waals surface area contributed by atoms with E-state index in [4.69, 9.17) is 9.47 Å². The van der Waals surface area contributed by atoms with Gasteiger partial charge in [-0.05, 0) is 24.6 Å². The Hall–Kier alpha value is -2.33. The molecule has 0 aromatic heterocycles. The smallest absolute Gasteiger partial charge is 0.245 e. The summed E-state index contributed by atoms with van der Waals surface area (Å²) in [6.45, 7) is 5.84.